The van der Waals surface area contributed by atoms with Gasteiger partial charge in [-0.2, -0.15) is 0 Å². The van der Waals surface area contributed by atoms with Crippen molar-refractivity contribution in [2.75, 3.05) is 20.8 Å². The average Bonchev–Trinajstić information content (AvgIpc) is 2.84. The van der Waals surface area contributed by atoms with Crippen molar-refractivity contribution in [3.63, 3.8) is 0 Å². The summed E-state index contributed by atoms with van der Waals surface area (Å²) in [5, 5.41) is 3.38. The van der Waals surface area contributed by atoms with E-state index in [9.17, 15) is 9.59 Å². The van der Waals surface area contributed by atoms with Gasteiger partial charge in [0.05, 0.1) is 20.6 Å². The molecule has 1 aliphatic rings. The fourth-order valence-corrected chi connectivity index (χ4v) is 3.15. The molecule has 0 fully saturated rings. The largest absolute Gasteiger partial charge is 0.493 e. The number of hydrogen-bond donors (Lipinski definition) is 1. The van der Waals surface area contributed by atoms with Gasteiger partial charge in [-0.05, 0) is 41.0 Å². The Morgan fingerprint density at radius 1 is 1.18 bits per heavy atom. The van der Waals surface area contributed by atoms with E-state index in [0.717, 1.165) is 16.7 Å². The highest BCUT2D eigenvalue weighted by Crippen LogP contribution is 2.32. The van der Waals surface area contributed by atoms with Crippen LogP contribution in [0.1, 0.15) is 16.7 Å². The third-order valence-electron chi connectivity index (χ3n) is 4.49. The van der Waals surface area contributed by atoms with Crippen LogP contribution in [0.25, 0.3) is 6.08 Å². The van der Waals surface area contributed by atoms with Gasteiger partial charge in [0.25, 0.3) is 0 Å². The van der Waals surface area contributed by atoms with E-state index in [0.29, 0.717) is 23.1 Å². The molecule has 1 heterocycles. The van der Waals surface area contributed by atoms with Crippen LogP contribution < -0.4 is 14.8 Å². The highest BCUT2D eigenvalue weighted by molar-refractivity contribution is 6.31. The number of methoxy groups -OCH3 is 2. The summed E-state index contributed by atoms with van der Waals surface area (Å²) in [6.07, 6.45) is 3.58. The van der Waals surface area contributed by atoms with Crippen LogP contribution in [0.5, 0.6) is 11.5 Å². The third kappa shape index (κ3) is 4.46. The van der Waals surface area contributed by atoms with Gasteiger partial charge in [-0.15, -0.1) is 0 Å². The minimum atomic E-state index is -0.265. The van der Waals surface area contributed by atoms with Gasteiger partial charge in [-0.1, -0.05) is 29.8 Å². The molecule has 0 spiro atoms. The van der Waals surface area contributed by atoms with E-state index in [1.54, 1.807) is 38.6 Å². The fraction of sp³-hybridized carbons (Fsp3) is 0.238. The molecule has 28 heavy (non-hydrogen) atoms. The molecule has 3 rings (SSSR count). The van der Waals surface area contributed by atoms with Crippen LogP contribution in [0.15, 0.2) is 42.6 Å². The maximum absolute atomic E-state index is 12.6. The van der Waals surface area contributed by atoms with Gasteiger partial charge in [0.2, 0.25) is 11.8 Å². The second-order valence-corrected chi connectivity index (χ2v) is 6.70. The summed E-state index contributed by atoms with van der Waals surface area (Å²) < 4.78 is 10.6. The minimum absolute atomic E-state index is 0.0674. The van der Waals surface area contributed by atoms with Crippen molar-refractivity contribution in [2.24, 2.45) is 0 Å². The molecule has 1 aliphatic heterocycles. The van der Waals surface area contributed by atoms with Crippen molar-refractivity contribution in [3.8, 4) is 11.5 Å². The van der Waals surface area contributed by atoms with Gasteiger partial charge in [0, 0.05) is 17.8 Å². The molecule has 0 radical (unpaired) electrons. The number of halogens is 1. The van der Waals surface area contributed by atoms with Crippen molar-refractivity contribution in [3.05, 3.63) is 64.3 Å². The Morgan fingerprint density at radius 2 is 1.89 bits per heavy atom. The number of carbonyl (C=O) groups excluding carboxylic acids is 2. The number of nitrogens with zero attached hydrogens (tertiary/aromatic N) is 1. The third-order valence-corrected chi connectivity index (χ3v) is 4.86. The van der Waals surface area contributed by atoms with Crippen LogP contribution in [-0.2, 0) is 22.6 Å². The van der Waals surface area contributed by atoms with E-state index in [4.69, 9.17) is 21.1 Å². The summed E-state index contributed by atoms with van der Waals surface area (Å²) in [7, 11) is 3.11. The first-order valence-corrected chi connectivity index (χ1v) is 9.12. The van der Waals surface area contributed by atoms with Gasteiger partial charge >= 0.3 is 0 Å². The number of ether oxygens (including phenoxy) is 2. The first kappa shape index (κ1) is 19.8. The summed E-state index contributed by atoms with van der Waals surface area (Å²) in [5.74, 6) is 0.715. The number of nitrogens with one attached hydrogen (secondary N) is 1. The Balaban J connectivity index is 1.68. The monoisotopic (exact) mass is 400 g/mol. The van der Waals surface area contributed by atoms with Crippen LogP contribution in [0, 0.1) is 0 Å². The van der Waals surface area contributed by atoms with Gasteiger partial charge in [-0.25, -0.2) is 0 Å². The zero-order valence-corrected chi connectivity index (χ0v) is 16.5. The molecule has 146 valence electrons. The predicted octanol–water partition coefficient (Wildman–Crippen LogP) is 3.03. The van der Waals surface area contributed by atoms with Crippen molar-refractivity contribution in [1.29, 1.82) is 0 Å². The topological polar surface area (TPSA) is 67.9 Å². The molecule has 2 aromatic carbocycles. The van der Waals surface area contributed by atoms with Crippen molar-refractivity contribution < 1.29 is 19.1 Å². The van der Waals surface area contributed by atoms with E-state index in [1.165, 1.54) is 4.90 Å². The van der Waals surface area contributed by atoms with Crippen molar-refractivity contribution in [1.82, 2.24) is 10.2 Å². The molecule has 6 nitrogen and oxygen atoms in total. The van der Waals surface area contributed by atoms with Crippen LogP contribution in [0.3, 0.4) is 0 Å². The number of rotatable bonds is 6. The first-order valence-electron chi connectivity index (χ1n) is 8.74. The fourth-order valence-electron chi connectivity index (χ4n) is 2.95. The normalized spacial score (nSPS) is 13.0. The molecule has 2 amide bonds. The maximum atomic E-state index is 12.6. The Bertz CT molecular complexity index is 927. The van der Waals surface area contributed by atoms with E-state index >= 15 is 0 Å². The number of amides is 2. The minimum Gasteiger partial charge on any atom is -0.493 e. The molecule has 0 atom stereocenters. The van der Waals surface area contributed by atoms with E-state index in [1.807, 2.05) is 24.3 Å². The zero-order chi connectivity index (χ0) is 20.1. The van der Waals surface area contributed by atoms with Crippen LogP contribution in [-0.4, -0.2) is 37.5 Å². The molecule has 0 saturated heterocycles. The number of benzene rings is 2. The molecule has 0 aromatic heterocycles. The Morgan fingerprint density at radius 3 is 2.61 bits per heavy atom. The summed E-state index contributed by atoms with van der Waals surface area (Å²) in [4.78, 5) is 26.3. The van der Waals surface area contributed by atoms with Crippen LogP contribution >= 0.6 is 11.6 Å². The number of fused-ring (bicyclic) bond motifs is 1. The van der Waals surface area contributed by atoms with Crippen molar-refractivity contribution >= 4 is 29.5 Å². The second kappa shape index (κ2) is 8.80. The molecular formula is C21H21ClN2O4. The number of carbonyl (C=O) groups is 2. The highest BCUT2D eigenvalue weighted by atomic mass is 35.5. The van der Waals surface area contributed by atoms with Crippen molar-refractivity contribution in [2.45, 2.75) is 13.0 Å². The van der Waals surface area contributed by atoms with Gasteiger partial charge in [0.1, 0.15) is 6.54 Å². The molecule has 1 N–H and O–H groups in total. The second-order valence-electron chi connectivity index (χ2n) is 6.29. The van der Waals surface area contributed by atoms with E-state index < -0.39 is 0 Å². The SMILES string of the molecule is COc1cc2c(cc1OC)CC(=O)N(CC(=O)NCc1ccccc1Cl)C=C2. The Kier molecular flexibility index (Phi) is 6.21. The Hall–Kier alpha value is -2.99. The molecular weight excluding hydrogens is 380 g/mol. The molecule has 2 aromatic rings. The standard InChI is InChI=1S/C21H21ClN2O4/c1-27-18-9-14-7-8-24(21(26)11-16(14)10-19(18)28-2)13-20(25)23-12-15-5-3-4-6-17(15)22/h3-10H,11-13H2,1-2H3,(H,23,25). The van der Waals surface area contributed by atoms with Gasteiger partial charge in [-0.3, -0.25) is 9.59 Å². The summed E-state index contributed by atoms with van der Waals surface area (Å²) in [6.45, 7) is 0.237. The van der Waals surface area contributed by atoms with Gasteiger partial charge < -0.3 is 19.7 Å². The van der Waals surface area contributed by atoms with E-state index in [2.05, 4.69) is 5.32 Å². The zero-order valence-electron chi connectivity index (χ0n) is 15.7. The Labute approximate surface area is 168 Å². The lowest BCUT2D eigenvalue weighted by molar-refractivity contribution is -0.132. The van der Waals surface area contributed by atoms with E-state index in [-0.39, 0.29) is 24.8 Å². The molecule has 0 aliphatic carbocycles. The van der Waals surface area contributed by atoms with Crippen LogP contribution in [0.2, 0.25) is 5.02 Å². The summed E-state index contributed by atoms with van der Waals surface area (Å²) >= 11 is 6.10. The maximum Gasteiger partial charge on any atom is 0.240 e. The molecule has 0 bridgehead atoms. The highest BCUT2D eigenvalue weighted by Gasteiger charge is 2.21. The summed E-state index contributed by atoms with van der Waals surface area (Å²) in [6, 6.07) is 10.9. The molecule has 0 unspecified atom stereocenters. The lowest BCUT2D eigenvalue weighted by Gasteiger charge is -2.17. The number of hydrogen-bond acceptors (Lipinski definition) is 4. The lowest BCUT2D eigenvalue weighted by atomic mass is 10.0. The quantitative estimate of drug-likeness (QED) is 0.809. The smallest absolute Gasteiger partial charge is 0.240 e. The molecule has 0 saturated carbocycles. The molecule has 7 heteroatoms. The predicted molar refractivity (Wildman–Crippen MR) is 107 cm³/mol. The lowest BCUT2D eigenvalue weighted by Crippen LogP contribution is -2.37. The average molecular weight is 401 g/mol. The van der Waals surface area contributed by atoms with Gasteiger partial charge in [0.15, 0.2) is 11.5 Å². The first-order chi connectivity index (χ1) is 13.5. The summed E-state index contributed by atoms with van der Waals surface area (Å²) in [5.41, 5.74) is 2.49. The van der Waals surface area contributed by atoms with Crippen LogP contribution in [0.4, 0.5) is 0 Å².